The Hall–Kier alpha value is -3.06. The molecule has 1 aliphatic heterocycles. The van der Waals surface area contributed by atoms with Crippen LogP contribution in [0.5, 0.6) is 0 Å². The number of hydrogen-bond donors (Lipinski definition) is 1. The van der Waals surface area contributed by atoms with Crippen molar-refractivity contribution in [3.63, 3.8) is 0 Å². The first-order valence-electron chi connectivity index (χ1n) is 10.4. The summed E-state index contributed by atoms with van der Waals surface area (Å²) in [6.07, 6.45) is 2.77. The molecule has 0 aromatic heterocycles. The summed E-state index contributed by atoms with van der Waals surface area (Å²) in [6, 6.07) is 12.2. The number of nitrogens with one attached hydrogen (secondary N) is 1. The summed E-state index contributed by atoms with van der Waals surface area (Å²) in [7, 11) is 2.14. The molecule has 1 amide bonds. The number of aryl methyl sites for hydroxylation is 2. The fourth-order valence-corrected chi connectivity index (χ4v) is 4.27. The molecule has 0 bridgehead atoms. The summed E-state index contributed by atoms with van der Waals surface area (Å²) >= 11 is 0. The molecule has 0 aliphatic carbocycles. The van der Waals surface area contributed by atoms with Crippen molar-refractivity contribution >= 4 is 23.4 Å². The number of carbonyl (C=O) groups is 1. The Bertz CT molecular complexity index is 1070. The summed E-state index contributed by atoms with van der Waals surface area (Å²) < 4.78 is 0. The SMILES string of the molecule is Cc1cc2c(cc1/C=C(\C#N)C(=O)Nc1cccc(C)c1C)C(C)CC(C)(C)N2C. The lowest BCUT2D eigenvalue weighted by molar-refractivity contribution is -0.112. The van der Waals surface area contributed by atoms with E-state index in [1.807, 2.05) is 39.0 Å². The van der Waals surface area contributed by atoms with Gasteiger partial charge in [0.2, 0.25) is 0 Å². The molecule has 0 radical (unpaired) electrons. The highest BCUT2D eigenvalue weighted by Crippen LogP contribution is 2.43. The number of nitrogens with zero attached hydrogens (tertiary/aromatic N) is 2. The second kappa shape index (κ2) is 7.99. The number of carbonyl (C=O) groups excluding carboxylic acids is 1. The van der Waals surface area contributed by atoms with E-state index in [9.17, 15) is 10.1 Å². The third-order valence-electron chi connectivity index (χ3n) is 6.54. The molecule has 1 N–H and O–H groups in total. The second-order valence-corrected chi connectivity index (χ2v) is 9.12. The van der Waals surface area contributed by atoms with Gasteiger partial charge in [-0.2, -0.15) is 5.26 Å². The van der Waals surface area contributed by atoms with Crippen LogP contribution >= 0.6 is 0 Å². The van der Waals surface area contributed by atoms with Gasteiger partial charge in [0.05, 0.1) is 0 Å². The van der Waals surface area contributed by atoms with Crippen molar-refractivity contribution < 1.29 is 4.79 Å². The zero-order chi connectivity index (χ0) is 22.2. The Morgan fingerprint density at radius 1 is 1.23 bits per heavy atom. The van der Waals surface area contributed by atoms with E-state index in [2.05, 4.69) is 56.2 Å². The highest BCUT2D eigenvalue weighted by Gasteiger charge is 2.34. The highest BCUT2D eigenvalue weighted by atomic mass is 16.1. The van der Waals surface area contributed by atoms with Crippen LogP contribution in [0.25, 0.3) is 6.08 Å². The van der Waals surface area contributed by atoms with Crippen molar-refractivity contribution in [1.82, 2.24) is 0 Å². The Balaban J connectivity index is 1.97. The van der Waals surface area contributed by atoms with Crippen LogP contribution in [0.2, 0.25) is 0 Å². The number of rotatable bonds is 3. The zero-order valence-corrected chi connectivity index (χ0v) is 19.1. The fraction of sp³-hybridized carbons (Fsp3) is 0.385. The number of fused-ring (bicyclic) bond motifs is 1. The van der Waals surface area contributed by atoms with Crippen LogP contribution in [0.4, 0.5) is 11.4 Å². The molecule has 0 fully saturated rings. The topological polar surface area (TPSA) is 56.1 Å². The van der Waals surface area contributed by atoms with Crippen LogP contribution in [-0.4, -0.2) is 18.5 Å². The summed E-state index contributed by atoms with van der Waals surface area (Å²) in [5.74, 6) is 0.0304. The molecule has 2 aromatic rings. The normalized spacial score (nSPS) is 17.9. The molecule has 4 nitrogen and oxygen atoms in total. The van der Waals surface area contributed by atoms with Gasteiger partial charge in [0, 0.05) is 24.0 Å². The molecule has 156 valence electrons. The maximum atomic E-state index is 12.8. The molecular weight excluding hydrogens is 370 g/mol. The van der Waals surface area contributed by atoms with Gasteiger partial charge >= 0.3 is 0 Å². The van der Waals surface area contributed by atoms with Gasteiger partial charge in [0.1, 0.15) is 11.6 Å². The molecule has 4 heteroatoms. The van der Waals surface area contributed by atoms with Gasteiger partial charge in [0.25, 0.3) is 5.91 Å². The average Bonchev–Trinajstić information content (AvgIpc) is 2.68. The van der Waals surface area contributed by atoms with Gasteiger partial charge in [-0.05, 0) is 99.0 Å². The molecule has 1 aliphatic rings. The van der Waals surface area contributed by atoms with Crippen LogP contribution in [0, 0.1) is 32.1 Å². The lowest BCUT2D eigenvalue weighted by Crippen LogP contribution is -2.45. The van der Waals surface area contributed by atoms with Crippen LogP contribution in [-0.2, 0) is 4.79 Å². The largest absolute Gasteiger partial charge is 0.369 e. The Morgan fingerprint density at radius 2 is 1.93 bits per heavy atom. The van der Waals surface area contributed by atoms with Gasteiger partial charge in [-0.25, -0.2) is 0 Å². The zero-order valence-electron chi connectivity index (χ0n) is 19.1. The average molecular weight is 402 g/mol. The molecule has 30 heavy (non-hydrogen) atoms. The first kappa shape index (κ1) is 21.6. The van der Waals surface area contributed by atoms with Gasteiger partial charge in [0.15, 0.2) is 0 Å². The first-order chi connectivity index (χ1) is 14.0. The molecule has 2 aromatic carbocycles. The second-order valence-electron chi connectivity index (χ2n) is 9.12. The van der Waals surface area contributed by atoms with Crippen LogP contribution in [0.15, 0.2) is 35.9 Å². The van der Waals surface area contributed by atoms with Crippen molar-refractivity contribution in [2.75, 3.05) is 17.3 Å². The van der Waals surface area contributed by atoms with Crippen molar-refractivity contribution in [2.24, 2.45) is 0 Å². The van der Waals surface area contributed by atoms with E-state index in [0.717, 1.165) is 34.4 Å². The third-order valence-corrected chi connectivity index (χ3v) is 6.54. The van der Waals surface area contributed by atoms with E-state index in [-0.39, 0.29) is 17.0 Å². The minimum absolute atomic E-state index is 0.0968. The van der Waals surface area contributed by atoms with E-state index >= 15 is 0 Å². The van der Waals surface area contributed by atoms with Crippen molar-refractivity contribution in [1.29, 1.82) is 5.26 Å². The number of anilines is 2. The first-order valence-corrected chi connectivity index (χ1v) is 10.4. The Morgan fingerprint density at radius 3 is 2.60 bits per heavy atom. The standard InChI is InChI=1S/C26H31N3O/c1-16-9-8-10-23(19(16)4)28-25(30)21(15-27)12-20-13-22-18(3)14-26(5,6)29(7)24(22)11-17(20)2/h8-13,18H,14H2,1-7H3,(H,28,30)/b21-12+. The van der Waals surface area contributed by atoms with E-state index in [1.165, 1.54) is 11.3 Å². The number of nitriles is 1. The Labute approximate surface area is 180 Å². The monoisotopic (exact) mass is 401 g/mol. The fourth-order valence-electron chi connectivity index (χ4n) is 4.27. The van der Waals surface area contributed by atoms with E-state index in [0.29, 0.717) is 5.92 Å². The van der Waals surface area contributed by atoms with E-state index in [1.54, 1.807) is 6.08 Å². The number of benzene rings is 2. The predicted molar refractivity (Wildman–Crippen MR) is 125 cm³/mol. The van der Waals surface area contributed by atoms with Crippen LogP contribution in [0.3, 0.4) is 0 Å². The van der Waals surface area contributed by atoms with E-state index in [4.69, 9.17) is 0 Å². The number of amides is 1. The molecule has 1 atom stereocenters. The molecule has 0 saturated carbocycles. The minimum Gasteiger partial charge on any atom is -0.369 e. The lowest BCUT2D eigenvalue weighted by atomic mass is 9.79. The van der Waals surface area contributed by atoms with Gasteiger partial charge in [-0.1, -0.05) is 19.1 Å². The smallest absolute Gasteiger partial charge is 0.266 e. The highest BCUT2D eigenvalue weighted by molar-refractivity contribution is 6.10. The van der Waals surface area contributed by atoms with Crippen molar-refractivity contribution in [3.8, 4) is 6.07 Å². The third kappa shape index (κ3) is 3.98. The molecule has 0 spiro atoms. The lowest BCUT2D eigenvalue weighted by Gasteiger charge is -2.45. The van der Waals surface area contributed by atoms with Gasteiger partial charge < -0.3 is 10.2 Å². The summed E-state index contributed by atoms with van der Waals surface area (Å²) in [6.45, 7) is 12.8. The molecule has 1 heterocycles. The maximum Gasteiger partial charge on any atom is 0.266 e. The van der Waals surface area contributed by atoms with Crippen LogP contribution < -0.4 is 10.2 Å². The Kier molecular flexibility index (Phi) is 5.76. The summed E-state index contributed by atoms with van der Waals surface area (Å²) in [5.41, 5.74) is 7.51. The van der Waals surface area contributed by atoms with Gasteiger partial charge in [-0.15, -0.1) is 0 Å². The van der Waals surface area contributed by atoms with Crippen molar-refractivity contribution in [3.05, 3.63) is 63.7 Å². The molecule has 0 saturated heterocycles. The quantitative estimate of drug-likeness (QED) is 0.516. The molecule has 1 unspecified atom stereocenters. The van der Waals surface area contributed by atoms with Crippen molar-refractivity contribution in [2.45, 2.75) is 59.4 Å². The number of hydrogen-bond acceptors (Lipinski definition) is 3. The minimum atomic E-state index is -0.380. The van der Waals surface area contributed by atoms with Gasteiger partial charge in [-0.3, -0.25) is 4.79 Å². The summed E-state index contributed by atoms with van der Waals surface area (Å²) in [4.78, 5) is 15.1. The molecule has 3 rings (SSSR count). The predicted octanol–water partition coefficient (Wildman–Crippen LogP) is 5.88. The van der Waals surface area contributed by atoms with Crippen LogP contribution in [0.1, 0.15) is 60.9 Å². The summed E-state index contributed by atoms with van der Waals surface area (Å²) in [5, 5.41) is 12.6. The molecular formula is C26H31N3O. The van der Waals surface area contributed by atoms with E-state index < -0.39 is 0 Å². The maximum absolute atomic E-state index is 12.8.